The zero-order chi connectivity index (χ0) is 18.1. The first-order valence-corrected chi connectivity index (χ1v) is 8.36. The number of ether oxygens (including phenoxy) is 1. The first-order valence-electron chi connectivity index (χ1n) is 8.36. The molecule has 1 aliphatic heterocycles. The van der Waals surface area contributed by atoms with Crippen LogP contribution >= 0.6 is 0 Å². The number of nitrogens with one attached hydrogen (secondary N) is 2. The number of hydrogen-bond acceptors (Lipinski definition) is 4. The Labute approximate surface area is 147 Å². The lowest BCUT2D eigenvalue weighted by Gasteiger charge is -2.15. The van der Waals surface area contributed by atoms with E-state index in [1.807, 2.05) is 0 Å². The van der Waals surface area contributed by atoms with E-state index in [9.17, 15) is 14.4 Å². The van der Waals surface area contributed by atoms with Gasteiger partial charge in [-0.3, -0.25) is 4.79 Å². The average molecular weight is 345 g/mol. The normalized spacial score (nSPS) is 13.7. The summed E-state index contributed by atoms with van der Waals surface area (Å²) in [6.45, 7) is 3.61. The van der Waals surface area contributed by atoms with Crippen molar-refractivity contribution in [1.29, 1.82) is 0 Å². The molecule has 2 N–H and O–H groups in total. The molecule has 1 aromatic carbocycles. The van der Waals surface area contributed by atoms with E-state index in [0.29, 0.717) is 12.3 Å². The molecule has 7 nitrogen and oxygen atoms in total. The van der Waals surface area contributed by atoms with Crippen LogP contribution in [0.5, 0.6) is 0 Å². The quantitative estimate of drug-likeness (QED) is 0.610. The number of anilines is 1. The second-order valence-electron chi connectivity index (χ2n) is 5.60. The smallest absolute Gasteiger partial charge is 0.330 e. The number of carbonyl (C=O) groups excluding carboxylic acids is 3. The first kappa shape index (κ1) is 18.5. The number of esters is 1. The standard InChI is InChI=1S/C18H23N3O4/c1-2-25-17(23)10-7-14-5-8-15(9-6-14)20-18(24)19-13-16(22)21-11-3-4-12-21/h5-10H,2-4,11-13H2,1H3,(H2,19,20,24). The van der Waals surface area contributed by atoms with Crippen molar-refractivity contribution in [1.82, 2.24) is 10.2 Å². The number of benzene rings is 1. The molecule has 0 saturated carbocycles. The summed E-state index contributed by atoms with van der Waals surface area (Å²) in [5.74, 6) is -0.459. The van der Waals surface area contributed by atoms with E-state index >= 15 is 0 Å². The Morgan fingerprint density at radius 3 is 2.48 bits per heavy atom. The van der Waals surface area contributed by atoms with Crippen LogP contribution in [0.15, 0.2) is 30.3 Å². The lowest BCUT2D eigenvalue weighted by atomic mass is 10.2. The summed E-state index contributed by atoms with van der Waals surface area (Å²) in [7, 11) is 0. The third kappa shape index (κ3) is 6.29. The molecule has 1 heterocycles. The summed E-state index contributed by atoms with van der Waals surface area (Å²) in [5.41, 5.74) is 1.41. The van der Waals surface area contributed by atoms with Crippen molar-refractivity contribution >= 4 is 29.7 Å². The summed E-state index contributed by atoms with van der Waals surface area (Å²) in [4.78, 5) is 36.7. The van der Waals surface area contributed by atoms with Gasteiger partial charge in [0.1, 0.15) is 0 Å². The number of likely N-dealkylation sites (tertiary alicyclic amines) is 1. The molecule has 0 spiro atoms. The van der Waals surface area contributed by atoms with Crippen LogP contribution in [-0.4, -0.2) is 49.0 Å². The van der Waals surface area contributed by atoms with Crippen molar-refractivity contribution in [3.8, 4) is 0 Å². The van der Waals surface area contributed by atoms with E-state index in [1.165, 1.54) is 6.08 Å². The molecule has 1 aliphatic rings. The van der Waals surface area contributed by atoms with Crippen LogP contribution in [0.4, 0.5) is 10.5 Å². The van der Waals surface area contributed by atoms with Crippen LogP contribution in [0, 0.1) is 0 Å². The predicted molar refractivity (Wildman–Crippen MR) is 94.9 cm³/mol. The van der Waals surface area contributed by atoms with Gasteiger partial charge in [0.05, 0.1) is 13.2 Å². The summed E-state index contributed by atoms with van der Waals surface area (Å²) in [6, 6.07) is 6.53. The molecule has 1 aromatic rings. The van der Waals surface area contributed by atoms with Crippen molar-refractivity contribution in [2.24, 2.45) is 0 Å². The minimum absolute atomic E-state index is 0.00774. The van der Waals surface area contributed by atoms with Crippen LogP contribution in [-0.2, 0) is 14.3 Å². The molecule has 0 radical (unpaired) electrons. The largest absolute Gasteiger partial charge is 0.463 e. The number of nitrogens with zero attached hydrogens (tertiary/aromatic N) is 1. The Morgan fingerprint density at radius 2 is 1.84 bits per heavy atom. The van der Waals surface area contributed by atoms with E-state index in [2.05, 4.69) is 10.6 Å². The van der Waals surface area contributed by atoms with Crippen molar-refractivity contribution < 1.29 is 19.1 Å². The minimum atomic E-state index is -0.428. The van der Waals surface area contributed by atoms with E-state index < -0.39 is 12.0 Å². The van der Waals surface area contributed by atoms with Gasteiger partial charge in [0.25, 0.3) is 0 Å². The van der Waals surface area contributed by atoms with Crippen molar-refractivity contribution in [2.75, 3.05) is 31.6 Å². The highest BCUT2D eigenvalue weighted by Gasteiger charge is 2.17. The maximum atomic E-state index is 11.9. The molecule has 134 valence electrons. The maximum absolute atomic E-state index is 11.9. The fourth-order valence-corrected chi connectivity index (χ4v) is 2.44. The number of rotatable bonds is 6. The van der Waals surface area contributed by atoms with E-state index in [1.54, 1.807) is 42.2 Å². The molecule has 2 rings (SSSR count). The molecule has 1 fully saturated rings. The highest BCUT2D eigenvalue weighted by Crippen LogP contribution is 2.11. The minimum Gasteiger partial charge on any atom is -0.463 e. The summed E-state index contributed by atoms with van der Waals surface area (Å²) >= 11 is 0. The van der Waals surface area contributed by atoms with E-state index in [4.69, 9.17) is 4.74 Å². The lowest BCUT2D eigenvalue weighted by Crippen LogP contribution is -2.40. The molecule has 1 saturated heterocycles. The summed E-state index contributed by atoms with van der Waals surface area (Å²) in [5, 5.41) is 5.22. The fraction of sp³-hybridized carbons (Fsp3) is 0.389. The van der Waals surface area contributed by atoms with Crippen LogP contribution in [0.2, 0.25) is 0 Å². The highest BCUT2D eigenvalue weighted by molar-refractivity contribution is 5.92. The molecule has 0 aromatic heterocycles. The van der Waals surface area contributed by atoms with Gasteiger partial charge in [0.15, 0.2) is 0 Å². The Bertz CT molecular complexity index is 634. The second-order valence-corrected chi connectivity index (χ2v) is 5.60. The Morgan fingerprint density at radius 1 is 1.16 bits per heavy atom. The zero-order valence-electron chi connectivity index (χ0n) is 14.3. The van der Waals surface area contributed by atoms with Gasteiger partial charge in [0, 0.05) is 24.9 Å². The van der Waals surface area contributed by atoms with Gasteiger partial charge < -0.3 is 20.3 Å². The molecule has 7 heteroatoms. The second kappa shape index (κ2) is 9.46. The van der Waals surface area contributed by atoms with Gasteiger partial charge in [-0.1, -0.05) is 12.1 Å². The zero-order valence-corrected chi connectivity index (χ0v) is 14.3. The van der Waals surface area contributed by atoms with Crippen LogP contribution in [0.1, 0.15) is 25.3 Å². The third-order valence-corrected chi connectivity index (χ3v) is 3.73. The molecular formula is C18H23N3O4. The Kier molecular flexibility index (Phi) is 7.00. The summed E-state index contributed by atoms with van der Waals surface area (Å²) < 4.78 is 4.80. The van der Waals surface area contributed by atoms with Crippen LogP contribution < -0.4 is 10.6 Å². The van der Waals surface area contributed by atoms with Gasteiger partial charge in [-0.2, -0.15) is 0 Å². The molecular weight excluding hydrogens is 322 g/mol. The number of carbonyl (C=O) groups is 3. The fourth-order valence-electron chi connectivity index (χ4n) is 2.44. The van der Waals surface area contributed by atoms with E-state index in [-0.39, 0.29) is 12.5 Å². The third-order valence-electron chi connectivity index (χ3n) is 3.73. The topological polar surface area (TPSA) is 87.7 Å². The highest BCUT2D eigenvalue weighted by atomic mass is 16.5. The SMILES string of the molecule is CCOC(=O)C=Cc1ccc(NC(=O)NCC(=O)N2CCCC2)cc1. The average Bonchev–Trinajstić information content (AvgIpc) is 3.14. The first-order chi connectivity index (χ1) is 12.1. The van der Waals surface area contributed by atoms with Crippen LogP contribution in [0.25, 0.3) is 6.08 Å². The molecule has 25 heavy (non-hydrogen) atoms. The number of amides is 3. The van der Waals surface area contributed by atoms with Crippen LogP contribution in [0.3, 0.4) is 0 Å². The molecule has 0 atom stereocenters. The predicted octanol–water partition coefficient (Wildman–Crippen LogP) is 2.01. The molecule has 0 bridgehead atoms. The molecule has 0 unspecified atom stereocenters. The maximum Gasteiger partial charge on any atom is 0.330 e. The lowest BCUT2D eigenvalue weighted by molar-refractivity contribution is -0.137. The van der Waals surface area contributed by atoms with Crippen molar-refractivity contribution in [3.63, 3.8) is 0 Å². The molecule has 3 amide bonds. The Balaban J connectivity index is 1.77. The monoisotopic (exact) mass is 345 g/mol. The summed E-state index contributed by atoms with van der Waals surface area (Å²) in [6.07, 6.45) is 5.03. The number of hydrogen-bond donors (Lipinski definition) is 2. The van der Waals surface area contributed by atoms with Gasteiger partial charge >= 0.3 is 12.0 Å². The van der Waals surface area contributed by atoms with Gasteiger partial charge in [-0.15, -0.1) is 0 Å². The van der Waals surface area contributed by atoms with Gasteiger partial charge in [-0.05, 0) is 43.5 Å². The van der Waals surface area contributed by atoms with Gasteiger partial charge in [-0.25, -0.2) is 9.59 Å². The van der Waals surface area contributed by atoms with Crippen molar-refractivity contribution in [2.45, 2.75) is 19.8 Å². The molecule has 0 aliphatic carbocycles. The van der Waals surface area contributed by atoms with E-state index in [0.717, 1.165) is 31.5 Å². The number of urea groups is 1. The van der Waals surface area contributed by atoms with Gasteiger partial charge in [0.2, 0.25) is 5.91 Å². The Hall–Kier alpha value is -2.83. The van der Waals surface area contributed by atoms with Crippen molar-refractivity contribution in [3.05, 3.63) is 35.9 Å².